The van der Waals surface area contributed by atoms with E-state index in [1.165, 1.54) is 25.7 Å². The van der Waals surface area contributed by atoms with Gasteiger partial charge >= 0.3 is 0 Å². The van der Waals surface area contributed by atoms with Gasteiger partial charge in [-0.15, -0.1) is 0 Å². The maximum atomic E-state index is 5.98. The molecule has 0 bridgehead atoms. The van der Waals surface area contributed by atoms with Gasteiger partial charge in [-0.1, -0.05) is 11.6 Å². The molecule has 3 rings (SSSR count). The number of anilines is 1. The van der Waals surface area contributed by atoms with Gasteiger partial charge < -0.3 is 10.2 Å². The average Bonchev–Trinajstić information content (AvgIpc) is 2.84. The molecule has 0 saturated carbocycles. The SMILES string of the molecule is CN1CCCC(CNc2cc(Cl)nc3ncnn23)C1. The molecule has 3 heterocycles. The van der Waals surface area contributed by atoms with Crippen molar-refractivity contribution < 1.29 is 0 Å². The van der Waals surface area contributed by atoms with Crippen LogP contribution in [0.3, 0.4) is 0 Å². The Morgan fingerprint density at radius 2 is 2.42 bits per heavy atom. The van der Waals surface area contributed by atoms with Gasteiger partial charge in [0.15, 0.2) is 0 Å². The highest BCUT2D eigenvalue weighted by Gasteiger charge is 2.17. The van der Waals surface area contributed by atoms with Crippen LogP contribution in [-0.2, 0) is 0 Å². The summed E-state index contributed by atoms with van der Waals surface area (Å²) in [5.74, 6) is 2.03. The fourth-order valence-electron chi connectivity index (χ4n) is 2.60. The van der Waals surface area contributed by atoms with Crippen molar-refractivity contribution in [2.75, 3.05) is 32.0 Å². The molecule has 7 heteroatoms. The Kier molecular flexibility index (Phi) is 3.52. The summed E-state index contributed by atoms with van der Waals surface area (Å²) in [7, 11) is 2.17. The van der Waals surface area contributed by atoms with Gasteiger partial charge in [0.2, 0.25) is 0 Å². The maximum absolute atomic E-state index is 5.98. The zero-order chi connectivity index (χ0) is 13.2. The Labute approximate surface area is 116 Å². The standard InChI is InChI=1S/C12H17ClN6/c1-18-4-2-3-9(7-18)6-14-11-5-10(13)17-12-15-8-16-19(11)12/h5,8-9,14H,2-4,6-7H2,1H3. The van der Waals surface area contributed by atoms with Gasteiger partial charge in [0.1, 0.15) is 17.3 Å². The normalized spacial score (nSPS) is 20.8. The first kappa shape index (κ1) is 12.6. The quantitative estimate of drug-likeness (QED) is 0.864. The van der Waals surface area contributed by atoms with Crippen molar-refractivity contribution in [3.8, 4) is 0 Å². The van der Waals surface area contributed by atoms with Gasteiger partial charge in [-0.05, 0) is 32.4 Å². The van der Waals surface area contributed by atoms with Crippen molar-refractivity contribution in [3.63, 3.8) is 0 Å². The molecule has 2 aromatic rings. The lowest BCUT2D eigenvalue weighted by molar-refractivity contribution is 0.217. The van der Waals surface area contributed by atoms with Crippen LogP contribution in [0.4, 0.5) is 5.82 Å². The van der Waals surface area contributed by atoms with Crippen molar-refractivity contribution in [1.29, 1.82) is 0 Å². The van der Waals surface area contributed by atoms with Gasteiger partial charge in [-0.3, -0.25) is 0 Å². The molecule has 1 fully saturated rings. The molecule has 0 amide bonds. The van der Waals surface area contributed by atoms with E-state index in [2.05, 4.69) is 32.3 Å². The molecule has 0 spiro atoms. The first-order valence-electron chi connectivity index (χ1n) is 6.51. The molecule has 1 aliphatic heterocycles. The molecule has 1 N–H and O–H groups in total. The van der Waals surface area contributed by atoms with E-state index in [0.717, 1.165) is 18.9 Å². The summed E-state index contributed by atoms with van der Waals surface area (Å²) in [6, 6.07) is 1.79. The Balaban J connectivity index is 1.72. The van der Waals surface area contributed by atoms with E-state index >= 15 is 0 Å². The molecule has 2 aromatic heterocycles. The largest absolute Gasteiger partial charge is 0.369 e. The third-order valence-corrected chi connectivity index (χ3v) is 3.71. The summed E-state index contributed by atoms with van der Waals surface area (Å²) < 4.78 is 1.68. The van der Waals surface area contributed by atoms with Crippen LogP contribution >= 0.6 is 11.6 Å². The highest BCUT2D eigenvalue weighted by molar-refractivity contribution is 6.29. The number of hydrogen-bond acceptors (Lipinski definition) is 5. The van der Waals surface area contributed by atoms with E-state index in [4.69, 9.17) is 11.6 Å². The minimum absolute atomic E-state index is 0.434. The second-order valence-corrected chi connectivity index (χ2v) is 5.47. The average molecular weight is 281 g/mol. The van der Waals surface area contributed by atoms with Crippen molar-refractivity contribution in [1.82, 2.24) is 24.5 Å². The van der Waals surface area contributed by atoms with E-state index in [0.29, 0.717) is 16.8 Å². The number of halogens is 1. The predicted molar refractivity (Wildman–Crippen MR) is 74.5 cm³/mol. The number of fused-ring (bicyclic) bond motifs is 1. The summed E-state index contributed by atoms with van der Waals surface area (Å²) in [6.07, 6.45) is 4.01. The molecule has 1 unspecified atom stereocenters. The number of piperidine rings is 1. The van der Waals surface area contributed by atoms with E-state index < -0.39 is 0 Å². The highest BCUT2D eigenvalue weighted by atomic mass is 35.5. The fourth-order valence-corrected chi connectivity index (χ4v) is 2.78. The first-order valence-corrected chi connectivity index (χ1v) is 6.89. The number of aromatic nitrogens is 4. The van der Waals surface area contributed by atoms with Crippen LogP contribution in [0, 0.1) is 5.92 Å². The second-order valence-electron chi connectivity index (χ2n) is 5.09. The lowest BCUT2D eigenvalue weighted by Crippen LogP contribution is -2.35. The summed E-state index contributed by atoms with van der Waals surface area (Å²) in [5.41, 5.74) is 0. The number of nitrogens with one attached hydrogen (secondary N) is 1. The Morgan fingerprint density at radius 3 is 3.26 bits per heavy atom. The summed E-state index contributed by atoms with van der Waals surface area (Å²) in [6.45, 7) is 3.25. The van der Waals surface area contributed by atoms with Crippen molar-refractivity contribution in [2.24, 2.45) is 5.92 Å². The van der Waals surface area contributed by atoms with Gasteiger partial charge in [0.25, 0.3) is 5.78 Å². The molecular weight excluding hydrogens is 264 g/mol. The fraction of sp³-hybridized carbons (Fsp3) is 0.583. The lowest BCUT2D eigenvalue weighted by atomic mass is 9.98. The third-order valence-electron chi connectivity index (χ3n) is 3.51. The number of rotatable bonds is 3. The highest BCUT2D eigenvalue weighted by Crippen LogP contribution is 2.18. The molecule has 1 aliphatic rings. The van der Waals surface area contributed by atoms with E-state index in [1.807, 2.05) is 0 Å². The summed E-state index contributed by atoms with van der Waals surface area (Å²) in [5, 5.41) is 8.00. The molecular formula is C12H17ClN6. The molecule has 19 heavy (non-hydrogen) atoms. The molecule has 0 radical (unpaired) electrons. The van der Waals surface area contributed by atoms with E-state index in [9.17, 15) is 0 Å². The molecule has 102 valence electrons. The molecule has 1 atom stereocenters. The zero-order valence-corrected chi connectivity index (χ0v) is 11.6. The van der Waals surface area contributed by atoms with Crippen LogP contribution in [0.1, 0.15) is 12.8 Å². The predicted octanol–water partition coefficient (Wildman–Crippen LogP) is 1.53. The Bertz CT molecular complexity index is 568. The molecule has 6 nitrogen and oxygen atoms in total. The molecule has 0 aliphatic carbocycles. The van der Waals surface area contributed by atoms with Crippen LogP contribution in [-0.4, -0.2) is 51.2 Å². The Morgan fingerprint density at radius 1 is 1.53 bits per heavy atom. The molecule has 1 saturated heterocycles. The number of nitrogens with zero attached hydrogens (tertiary/aromatic N) is 5. The molecule has 0 aromatic carbocycles. The van der Waals surface area contributed by atoms with Crippen molar-refractivity contribution in [3.05, 3.63) is 17.5 Å². The minimum atomic E-state index is 0.434. The van der Waals surface area contributed by atoms with Gasteiger partial charge in [0.05, 0.1) is 0 Å². The number of hydrogen-bond donors (Lipinski definition) is 1. The van der Waals surface area contributed by atoms with E-state index in [1.54, 1.807) is 10.6 Å². The Hall–Kier alpha value is -1.40. The first-order chi connectivity index (χ1) is 9.22. The van der Waals surface area contributed by atoms with Crippen LogP contribution < -0.4 is 5.32 Å². The monoisotopic (exact) mass is 280 g/mol. The second kappa shape index (κ2) is 5.30. The number of likely N-dealkylation sites (tertiary alicyclic amines) is 1. The van der Waals surface area contributed by atoms with Crippen molar-refractivity contribution in [2.45, 2.75) is 12.8 Å². The van der Waals surface area contributed by atoms with Crippen LogP contribution in [0.5, 0.6) is 0 Å². The summed E-state index contributed by atoms with van der Waals surface area (Å²) in [4.78, 5) is 10.5. The van der Waals surface area contributed by atoms with Gasteiger partial charge in [-0.25, -0.2) is 0 Å². The van der Waals surface area contributed by atoms with Crippen LogP contribution in [0.15, 0.2) is 12.4 Å². The smallest absolute Gasteiger partial charge is 0.255 e. The minimum Gasteiger partial charge on any atom is -0.369 e. The van der Waals surface area contributed by atoms with Gasteiger partial charge in [0, 0.05) is 19.2 Å². The third kappa shape index (κ3) is 2.79. The van der Waals surface area contributed by atoms with Crippen LogP contribution in [0.25, 0.3) is 5.78 Å². The van der Waals surface area contributed by atoms with Crippen LogP contribution in [0.2, 0.25) is 5.15 Å². The maximum Gasteiger partial charge on any atom is 0.255 e. The van der Waals surface area contributed by atoms with Gasteiger partial charge in [-0.2, -0.15) is 19.6 Å². The van der Waals surface area contributed by atoms with Crippen molar-refractivity contribution >= 4 is 23.2 Å². The zero-order valence-electron chi connectivity index (χ0n) is 10.9. The lowest BCUT2D eigenvalue weighted by Gasteiger charge is -2.29. The van der Waals surface area contributed by atoms with E-state index in [-0.39, 0.29) is 0 Å². The summed E-state index contributed by atoms with van der Waals surface area (Å²) >= 11 is 5.98. The topological polar surface area (TPSA) is 58.3 Å².